The number of sulfone groups is 1. The molecule has 0 unspecified atom stereocenters. The predicted molar refractivity (Wildman–Crippen MR) is 54.1 cm³/mol. The fraction of sp³-hybridized carbons (Fsp3) is 0.333. The number of nitrogens with one attached hydrogen (secondary N) is 1. The van der Waals surface area contributed by atoms with E-state index in [1.165, 1.54) is 0 Å². The van der Waals surface area contributed by atoms with E-state index in [0.29, 0.717) is 0 Å². The summed E-state index contributed by atoms with van der Waals surface area (Å²) in [6.07, 6.45) is 0.993. The lowest BCUT2D eigenvalue weighted by Gasteiger charge is -2.06. The van der Waals surface area contributed by atoms with Gasteiger partial charge < -0.3 is 11.1 Å². The van der Waals surface area contributed by atoms with Crippen molar-refractivity contribution in [2.75, 3.05) is 24.4 Å². The third kappa shape index (κ3) is 2.05. The second-order valence-electron chi connectivity index (χ2n) is 2.57. The van der Waals surface area contributed by atoms with Crippen LogP contribution in [0.5, 0.6) is 0 Å². The van der Waals surface area contributed by atoms with Gasteiger partial charge in [-0.3, -0.25) is 0 Å². The topological polar surface area (TPSA) is 98.0 Å². The molecule has 78 valence electrons. The molecule has 6 nitrogen and oxygen atoms in total. The Hall–Kier alpha value is -1.08. The van der Waals surface area contributed by atoms with E-state index >= 15 is 0 Å². The molecule has 0 fully saturated rings. The molecule has 0 bridgehead atoms. The van der Waals surface area contributed by atoms with Gasteiger partial charge in [0.05, 0.1) is 0 Å². The van der Waals surface area contributed by atoms with Crippen molar-refractivity contribution >= 4 is 33.2 Å². The van der Waals surface area contributed by atoms with Crippen molar-refractivity contribution < 1.29 is 8.42 Å². The smallest absolute Gasteiger partial charge is 0.225 e. The van der Waals surface area contributed by atoms with Crippen LogP contribution < -0.4 is 11.1 Å². The zero-order valence-corrected chi connectivity index (χ0v) is 9.15. The second-order valence-corrected chi connectivity index (χ2v) is 4.89. The maximum absolute atomic E-state index is 11.2. The van der Waals surface area contributed by atoms with Gasteiger partial charge in [-0.15, -0.1) is 0 Å². The van der Waals surface area contributed by atoms with E-state index in [2.05, 4.69) is 15.3 Å². The Balaban J connectivity index is 3.48. The molecule has 0 atom stereocenters. The monoisotopic (exact) mass is 236 g/mol. The molecule has 0 saturated heterocycles. The molecule has 1 aromatic rings. The van der Waals surface area contributed by atoms with Gasteiger partial charge in [0.25, 0.3) is 0 Å². The minimum absolute atomic E-state index is 0.156. The lowest BCUT2D eigenvalue weighted by atomic mass is 10.6. The summed E-state index contributed by atoms with van der Waals surface area (Å²) < 4.78 is 22.4. The van der Waals surface area contributed by atoms with Gasteiger partial charge in [-0.25, -0.2) is 8.42 Å². The fourth-order valence-electron chi connectivity index (χ4n) is 0.894. The molecule has 0 spiro atoms. The molecule has 0 saturated carbocycles. The second kappa shape index (κ2) is 3.58. The van der Waals surface area contributed by atoms with Gasteiger partial charge >= 0.3 is 0 Å². The molecule has 14 heavy (non-hydrogen) atoms. The summed E-state index contributed by atoms with van der Waals surface area (Å²) in [7, 11) is -1.92. The van der Waals surface area contributed by atoms with Crippen molar-refractivity contribution in [3.63, 3.8) is 0 Å². The number of nitrogens with zero attached hydrogens (tertiary/aromatic N) is 2. The molecule has 0 amide bonds. The van der Waals surface area contributed by atoms with Gasteiger partial charge in [-0.2, -0.15) is 9.97 Å². The molecule has 8 heteroatoms. The van der Waals surface area contributed by atoms with Crippen molar-refractivity contribution in [2.24, 2.45) is 0 Å². The van der Waals surface area contributed by atoms with Crippen molar-refractivity contribution in [2.45, 2.75) is 4.90 Å². The zero-order valence-electron chi connectivity index (χ0n) is 7.57. The molecule has 0 aromatic carbocycles. The highest BCUT2D eigenvalue weighted by atomic mass is 35.5. The lowest BCUT2D eigenvalue weighted by molar-refractivity contribution is 0.601. The molecule has 1 rings (SSSR count). The number of halogens is 1. The van der Waals surface area contributed by atoms with Gasteiger partial charge in [-0.05, 0) is 0 Å². The van der Waals surface area contributed by atoms with Crippen LogP contribution in [-0.2, 0) is 9.84 Å². The molecule has 3 N–H and O–H groups in total. The van der Waals surface area contributed by atoms with Gasteiger partial charge in [0.2, 0.25) is 5.95 Å². The largest absolute Gasteiger partial charge is 0.382 e. The highest BCUT2D eigenvalue weighted by molar-refractivity contribution is 7.91. The standard InChI is InChI=1S/C6H9ClN4O2S/c1-9-6-10-4(7)3(5(8)11-6)14(2,12)13/h1-2H3,(H3,8,9,10,11). The maximum atomic E-state index is 11.2. The van der Waals surface area contributed by atoms with Crippen molar-refractivity contribution in [1.82, 2.24) is 9.97 Å². The average Bonchev–Trinajstić information content (AvgIpc) is 1.99. The van der Waals surface area contributed by atoms with Gasteiger partial charge in [0.1, 0.15) is 10.7 Å². The number of nitrogen functional groups attached to an aromatic ring is 1. The predicted octanol–water partition coefficient (Wildman–Crippen LogP) is 0.157. The Morgan fingerprint density at radius 3 is 2.36 bits per heavy atom. The highest BCUT2D eigenvalue weighted by Crippen LogP contribution is 2.25. The van der Waals surface area contributed by atoms with E-state index < -0.39 is 9.84 Å². The molecule has 0 aliphatic heterocycles. The first kappa shape index (κ1) is 11.0. The van der Waals surface area contributed by atoms with Gasteiger partial charge in [0.15, 0.2) is 15.0 Å². The summed E-state index contributed by atoms with van der Waals surface area (Å²) in [4.78, 5) is 7.18. The molecule has 0 aliphatic carbocycles. The van der Waals surface area contributed by atoms with Crippen LogP contribution in [-0.4, -0.2) is 31.7 Å². The Morgan fingerprint density at radius 1 is 1.43 bits per heavy atom. The third-order valence-electron chi connectivity index (χ3n) is 1.44. The first-order chi connectivity index (χ1) is 6.36. The van der Waals surface area contributed by atoms with Crippen molar-refractivity contribution in [1.29, 1.82) is 0 Å². The maximum Gasteiger partial charge on any atom is 0.225 e. The number of nitrogens with two attached hydrogens (primary N) is 1. The normalized spacial score (nSPS) is 11.4. The quantitative estimate of drug-likeness (QED) is 0.710. The summed E-state index contributed by atoms with van der Waals surface area (Å²) in [5, 5.41) is 2.43. The first-order valence-electron chi connectivity index (χ1n) is 3.57. The van der Waals surface area contributed by atoms with E-state index in [9.17, 15) is 8.42 Å². The van der Waals surface area contributed by atoms with E-state index in [4.69, 9.17) is 17.3 Å². The van der Waals surface area contributed by atoms with Crippen molar-refractivity contribution in [3.05, 3.63) is 5.15 Å². The Morgan fingerprint density at radius 2 is 2.00 bits per heavy atom. The minimum Gasteiger partial charge on any atom is -0.382 e. The highest BCUT2D eigenvalue weighted by Gasteiger charge is 2.19. The summed E-state index contributed by atoms with van der Waals surface area (Å²) in [5.74, 6) is 0.0248. The van der Waals surface area contributed by atoms with Gasteiger partial charge in [0, 0.05) is 13.3 Å². The summed E-state index contributed by atoms with van der Waals surface area (Å²) in [6, 6.07) is 0. The molecular formula is C6H9ClN4O2S. The fourth-order valence-corrected chi connectivity index (χ4v) is 2.27. The van der Waals surface area contributed by atoms with Crippen LogP contribution in [0.15, 0.2) is 4.90 Å². The Labute approximate surface area is 86.4 Å². The Kier molecular flexibility index (Phi) is 2.81. The first-order valence-corrected chi connectivity index (χ1v) is 5.84. The molecule has 0 radical (unpaired) electrons. The number of hydrogen-bond donors (Lipinski definition) is 2. The molecular weight excluding hydrogens is 228 g/mol. The zero-order chi connectivity index (χ0) is 10.9. The summed E-state index contributed by atoms with van der Waals surface area (Å²) in [6.45, 7) is 0. The van der Waals surface area contributed by atoms with Crippen LogP contribution in [0.4, 0.5) is 11.8 Å². The van der Waals surface area contributed by atoms with Crippen molar-refractivity contribution in [3.8, 4) is 0 Å². The van der Waals surface area contributed by atoms with Crippen LogP contribution in [0.2, 0.25) is 5.15 Å². The molecule has 1 heterocycles. The summed E-state index contributed by atoms with van der Waals surface area (Å²) >= 11 is 5.65. The third-order valence-corrected chi connectivity index (χ3v) is 2.97. The number of anilines is 2. The Bertz CT molecular complexity index is 436. The van der Waals surface area contributed by atoms with Crippen LogP contribution in [0.1, 0.15) is 0 Å². The van der Waals surface area contributed by atoms with E-state index in [1.807, 2.05) is 0 Å². The average molecular weight is 237 g/mol. The molecule has 1 aromatic heterocycles. The van der Waals surface area contributed by atoms with E-state index in [-0.39, 0.29) is 21.8 Å². The van der Waals surface area contributed by atoms with E-state index in [1.54, 1.807) is 7.05 Å². The molecule has 0 aliphatic rings. The number of aromatic nitrogens is 2. The van der Waals surface area contributed by atoms with Crippen LogP contribution in [0, 0.1) is 0 Å². The number of hydrogen-bond acceptors (Lipinski definition) is 6. The van der Waals surface area contributed by atoms with Crippen LogP contribution in [0.3, 0.4) is 0 Å². The van der Waals surface area contributed by atoms with Gasteiger partial charge in [-0.1, -0.05) is 11.6 Å². The SMILES string of the molecule is CNc1nc(N)c(S(C)(=O)=O)c(Cl)n1. The number of rotatable bonds is 2. The summed E-state index contributed by atoms with van der Waals surface area (Å²) in [5.41, 5.74) is 5.43. The van der Waals surface area contributed by atoms with E-state index in [0.717, 1.165) is 6.26 Å². The van der Waals surface area contributed by atoms with Crippen LogP contribution in [0.25, 0.3) is 0 Å². The lowest BCUT2D eigenvalue weighted by Crippen LogP contribution is -2.09. The van der Waals surface area contributed by atoms with Crippen LogP contribution >= 0.6 is 11.6 Å². The minimum atomic E-state index is -3.50.